The van der Waals surface area contributed by atoms with Gasteiger partial charge in [-0.1, -0.05) is 36.7 Å². The molecule has 34 heavy (non-hydrogen) atoms. The van der Waals surface area contributed by atoms with Crippen molar-refractivity contribution in [1.82, 2.24) is 24.1 Å². The van der Waals surface area contributed by atoms with Crippen LogP contribution < -0.4 is 4.90 Å². The molecule has 0 amide bonds. The number of nitrogens with zero attached hydrogens (tertiary/aromatic N) is 6. The molecule has 0 radical (unpaired) electrons. The molecule has 1 aliphatic heterocycles. The molecule has 0 unspecified atom stereocenters. The molecule has 1 saturated heterocycles. The number of hydrogen-bond acceptors (Lipinski definition) is 6. The van der Waals surface area contributed by atoms with Gasteiger partial charge in [-0.05, 0) is 43.3 Å². The van der Waals surface area contributed by atoms with Crippen molar-refractivity contribution in [2.24, 2.45) is 0 Å². The number of aromatic nitrogens is 4. The van der Waals surface area contributed by atoms with Gasteiger partial charge in [0.1, 0.15) is 11.6 Å². The number of benzene rings is 2. The Morgan fingerprint density at radius 3 is 2.26 bits per heavy atom. The SMILES string of the molecule is CCc1nc(N2CCN(S(=O)(=O)c3ccc(Cl)cc3)CC2)c2c(C)nn(-c3ccccc3)c2n1. The largest absolute Gasteiger partial charge is 0.353 e. The Hall–Kier alpha value is -3.01. The molecule has 0 bridgehead atoms. The van der Waals surface area contributed by atoms with Crippen LogP contribution in [0.25, 0.3) is 16.7 Å². The van der Waals surface area contributed by atoms with Gasteiger partial charge in [0, 0.05) is 37.6 Å². The molecule has 0 atom stereocenters. The minimum absolute atomic E-state index is 0.253. The highest BCUT2D eigenvalue weighted by molar-refractivity contribution is 7.89. The Labute approximate surface area is 203 Å². The summed E-state index contributed by atoms with van der Waals surface area (Å²) in [7, 11) is -3.58. The zero-order chi connectivity index (χ0) is 23.9. The average Bonchev–Trinajstić information content (AvgIpc) is 3.20. The van der Waals surface area contributed by atoms with Gasteiger partial charge in [0.15, 0.2) is 5.65 Å². The summed E-state index contributed by atoms with van der Waals surface area (Å²) in [4.78, 5) is 12.0. The van der Waals surface area contributed by atoms with Gasteiger partial charge in [0.2, 0.25) is 10.0 Å². The topological polar surface area (TPSA) is 84.2 Å². The molecule has 4 aromatic rings. The number of para-hydroxylation sites is 1. The van der Waals surface area contributed by atoms with Gasteiger partial charge >= 0.3 is 0 Å². The van der Waals surface area contributed by atoms with E-state index in [0.717, 1.165) is 34.1 Å². The number of piperazine rings is 1. The summed E-state index contributed by atoms with van der Waals surface area (Å²) >= 11 is 5.93. The first-order valence-electron chi connectivity index (χ1n) is 11.2. The summed E-state index contributed by atoms with van der Waals surface area (Å²) in [5.41, 5.74) is 2.54. The fraction of sp³-hybridized carbons (Fsp3) is 0.292. The molecule has 5 rings (SSSR count). The molecule has 2 aromatic heterocycles. The zero-order valence-electron chi connectivity index (χ0n) is 19.0. The lowest BCUT2D eigenvalue weighted by Gasteiger charge is -2.35. The van der Waals surface area contributed by atoms with Crippen LogP contribution >= 0.6 is 11.6 Å². The minimum atomic E-state index is -3.58. The number of halogens is 1. The van der Waals surface area contributed by atoms with Crippen molar-refractivity contribution in [3.63, 3.8) is 0 Å². The van der Waals surface area contributed by atoms with E-state index in [0.29, 0.717) is 37.6 Å². The van der Waals surface area contributed by atoms with E-state index in [1.54, 1.807) is 24.3 Å². The van der Waals surface area contributed by atoms with E-state index in [-0.39, 0.29) is 4.90 Å². The molecule has 2 aromatic carbocycles. The third-order valence-electron chi connectivity index (χ3n) is 6.04. The molecule has 1 aliphatic rings. The molecule has 1 fully saturated rings. The fourth-order valence-electron chi connectivity index (χ4n) is 4.24. The molecular weight excluding hydrogens is 472 g/mol. The lowest BCUT2D eigenvalue weighted by atomic mass is 10.2. The molecule has 0 aliphatic carbocycles. The van der Waals surface area contributed by atoms with Gasteiger partial charge < -0.3 is 4.90 Å². The quantitative estimate of drug-likeness (QED) is 0.417. The normalized spacial score (nSPS) is 15.2. The van der Waals surface area contributed by atoms with Crippen molar-refractivity contribution < 1.29 is 8.42 Å². The predicted octanol–water partition coefficient (Wildman–Crippen LogP) is 3.85. The van der Waals surface area contributed by atoms with Crippen LogP contribution in [0.3, 0.4) is 0 Å². The van der Waals surface area contributed by atoms with Crippen molar-refractivity contribution in [3.05, 3.63) is 71.1 Å². The highest BCUT2D eigenvalue weighted by Gasteiger charge is 2.30. The maximum atomic E-state index is 13.1. The number of fused-ring (bicyclic) bond motifs is 1. The van der Waals surface area contributed by atoms with Gasteiger partial charge in [0.05, 0.1) is 21.7 Å². The van der Waals surface area contributed by atoms with E-state index in [9.17, 15) is 8.42 Å². The van der Waals surface area contributed by atoms with Crippen LogP contribution in [0.5, 0.6) is 0 Å². The number of aryl methyl sites for hydroxylation is 2. The number of rotatable bonds is 5. The number of anilines is 1. The van der Waals surface area contributed by atoms with E-state index < -0.39 is 10.0 Å². The van der Waals surface area contributed by atoms with E-state index >= 15 is 0 Å². The van der Waals surface area contributed by atoms with Gasteiger partial charge in [-0.3, -0.25) is 0 Å². The van der Waals surface area contributed by atoms with Crippen LogP contribution in [-0.2, 0) is 16.4 Å². The fourth-order valence-corrected chi connectivity index (χ4v) is 5.79. The molecule has 10 heteroatoms. The highest BCUT2D eigenvalue weighted by Crippen LogP contribution is 2.30. The van der Waals surface area contributed by atoms with Crippen molar-refractivity contribution in [1.29, 1.82) is 0 Å². The van der Waals surface area contributed by atoms with E-state index in [1.807, 2.05) is 48.9 Å². The molecular formula is C24H25ClN6O2S. The Bertz CT molecular complexity index is 1430. The second-order valence-electron chi connectivity index (χ2n) is 8.19. The van der Waals surface area contributed by atoms with Crippen LogP contribution in [0, 0.1) is 6.92 Å². The Morgan fingerprint density at radius 2 is 1.62 bits per heavy atom. The van der Waals surface area contributed by atoms with Crippen molar-refractivity contribution >= 4 is 38.5 Å². The second-order valence-corrected chi connectivity index (χ2v) is 10.6. The summed E-state index contributed by atoms with van der Waals surface area (Å²) < 4.78 is 29.6. The van der Waals surface area contributed by atoms with E-state index in [1.165, 1.54) is 4.31 Å². The first-order valence-corrected chi connectivity index (χ1v) is 13.0. The molecule has 176 valence electrons. The zero-order valence-corrected chi connectivity index (χ0v) is 20.6. The van der Waals surface area contributed by atoms with Gasteiger partial charge in [-0.25, -0.2) is 23.1 Å². The van der Waals surface area contributed by atoms with Crippen LogP contribution in [0.4, 0.5) is 5.82 Å². The van der Waals surface area contributed by atoms with E-state index in [4.69, 9.17) is 26.7 Å². The maximum absolute atomic E-state index is 13.1. The molecule has 0 N–H and O–H groups in total. The van der Waals surface area contributed by atoms with Crippen LogP contribution in [0.1, 0.15) is 18.4 Å². The average molecular weight is 497 g/mol. The molecule has 3 heterocycles. The van der Waals surface area contributed by atoms with Crippen molar-refractivity contribution in [2.75, 3.05) is 31.1 Å². The molecule has 0 saturated carbocycles. The Morgan fingerprint density at radius 1 is 0.941 bits per heavy atom. The van der Waals surface area contributed by atoms with Crippen LogP contribution in [-0.4, -0.2) is 58.7 Å². The smallest absolute Gasteiger partial charge is 0.243 e. The summed E-state index contributed by atoms with van der Waals surface area (Å²) in [6.45, 7) is 5.77. The monoisotopic (exact) mass is 496 g/mol. The lowest BCUT2D eigenvalue weighted by Crippen LogP contribution is -2.49. The Balaban J connectivity index is 1.47. The third kappa shape index (κ3) is 4.04. The summed E-state index contributed by atoms with van der Waals surface area (Å²) in [5, 5.41) is 6.17. The highest BCUT2D eigenvalue weighted by atomic mass is 35.5. The summed E-state index contributed by atoms with van der Waals surface area (Å²) in [6, 6.07) is 16.2. The summed E-state index contributed by atoms with van der Waals surface area (Å²) in [6.07, 6.45) is 0.687. The third-order valence-corrected chi connectivity index (χ3v) is 8.20. The maximum Gasteiger partial charge on any atom is 0.243 e. The molecule has 0 spiro atoms. The first-order chi connectivity index (χ1) is 16.4. The molecule has 8 nitrogen and oxygen atoms in total. The minimum Gasteiger partial charge on any atom is -0.353 e. The van der Waals surface area contributed by atoms with Crippen molar-refractivity contribution in [2.45, 2.75) is 25.2 Å². The van der Waals surface area contributed by atoms with Crippen LogP contribution in [0.15, 0.2) is 59.5 Å². The number of hydrogen-bond donors (Lipinski definition) is 0. The van der Waals surface area contributed by atoms with Gasteiger partial charge in [-0.2, -0.15) is 9.40 Å². The predicted molar refractivity (Wildman–Crippen MR) is 133 cm³/mol. The first kappa shape index (κ1) is 22.8. The van der Waals surface area contributed by atoms with Crippen molar-refractivity contribution in [3.8, 4) is 5.69 Å². The van der Waals surface area contributed by atoms with E-state index in [2.05, 4.69) is 4.90 Å². The van der Waals surface area contributed by atoms with Gasteiger partial charge in [-0.15, -0.1) is 0 Å². The standard InChI is InChI=1S/C24H25ClN6O2S/c1-3-21-26-23(22-17(2)28-31(24(22)27-21)19-7-5-4-6-8-19)29-13-15-30(16-14-29)34(32,33)20-11-9-18(25)10-12-20/h4-12H,3,13-16H2,1-2H3. The lowest BCUT2D eigenvalue weighted by molar-refractivity contribution is 0.384. The van der Waals surface area contributed by atoms with Crippen LogP contribution in [0.2, 0.25) is 5.02 Å². The number of sulfonamides is 1. The van der Waals surface area contributed by atoms with Gasteiger partial charge in [0.25, 0.3) is 0 Å². The Kier molecular flexibility index (Phi) is 6.01. The second kappa shape index (κ2) is 8.98. The summed E-state index contributed by atoms with van der Waals surface area (Å²) in [5.74, 6) is 1.54.